The minimum absolute atomic E-state index is 0.164. The summed E-state index contributed by atoms with van der Waals surface area (Å²) in [5.41, 5.74) is 5.53. The van der Waals surface area contributed by atoms with Crippen LogP contribution in [0.15, 0.2) is 84.3 Å². The van der Waals surface area contributed by atoms with Gasteiger partial charge in [-0.2, -0.15) is 0 Å². The molecule has 2 atom stereocenters. The molecule has 0 bridgehead atoms. The Labute approximate surface area is 201 Å². The van der Waals surface area contributed by atoms with Crippen molar-refractivity contribution in [3.8, 4) is 11.1 Å². The van der Waals surface area contributed by atoms with E-state index in [1.165, 1.54) is 6.33 Å². The number of ether oxygens (including phenoxy) is 1. The third-order valence-corrected chi connectivity index (χ3v) is 6.74. The van der Waals surface area contributed by atoms with Gasteiger partial charge in [0.05, 0.1) is 36.0 Å². The maximum atomic E-state index is 13.6. The first-order chi connectivity index (χ1) is 17.2. The number of aliphatic hydroxyl groups is 1. The molecule has 0 amide bonds. The minimum Gasteiger partial charge on any atom is -0.389 e. The lowest BCUT2D eigenvalue weighted by Crippen LogP contribution is -2.39. The Hall–Kier alpha value is -3.94. The zero-order valence-corrected chi connectivity index (χ0v) is 19.0. The fraction of sp³-hybridized carbons (Fsp3) is 0.214. The van der Waals surface area contributed by atoms with E-state index < -0.39 is 6.10 Å². The number of benzene rings is 2. The van der Waals surface area contributed by atoms with Crippen LogP contribution in [-0.4, -0.2) is 43.9 Å². The Kier molecular flexibility index (Phi) is 5.56. The predicted molar refractivity (Wildman–Crippen MR) is 134 cm³/mol. The van der Waals surface area contributed by atoms with Crippen molar-refractivity contribution in [2.24, 2.45) is 0 Å². The second-order valence-electron chi connectivity index (χ2n) is 8.90. The highest BCUT2D eigenvalue weighted by atomic mass is 16.5. The zero-order valence-electron chi connectivity index (χ0n) is 19.0. The van der Waals surface area contributed by atoms with Crippen LogP contribution in [0.1, 0.15) is 23.6 Å². The fourth-order valence-corrected chi connectivity index (χ4v) is 4.90. The number of hydrogen-bond acceptors (Lipinski definition) is 6. The van der Waals surface area contributed by atoms with Crippen LogP contribution in [0.2, 0.25) is 0 Å². The normalized spacial score (nSPS) is 18.2. The Morgan fingerprint density at radius 3 is 2.51 bits per heavy atom. The summed E-state index contributed by atoms with van der Waals surface area (Å²) in [6, 6.07) is 17.9. The van der Waals surface area contributed by atoms with Gasteiger partial charge in [-0.25, -0.2) is 4.98 Å². The molecule has 174 valence electrons. The number of aliphatic hydroxyl groups excluding tert-OH is 1. The van der Waals surface area contributed by atoms with E-state index in [1.807, 2.05) is 30.3 Å². The van der Waals surface area contributed by atoms with Gasteiger partial charge >= 0.3 is 0 Å². The molecule has 0 spiro atoms. The van der Waals surface area contributed by atoms with Crippen LogP contribution in [0, 0.1) is 0 Å². The van der Waals surface area contributed by atoms with Crippen LogP contribution in [0.4, 0.5) is 0 Å². The summed E-state index contributed by atoms with van der Waals surface area (Å²) in [4.78, 5) is 26.8. The number of hydrogen-bond donors (Lipinski definition) is 1. The van der Waals surface area contributed by atoms with Gasteiger partial charge < -0.3 is 9.84 Å². The van der Waals surface area contributed by atoms with Crippen LogP contribution in [0.5, 0.6) is 0 Å². The highest BCUT2D eigenvalue weighted by Crippen LogP contribution is 2.28. The van der Waals surface area contributed by atoms with Gasteiger partial charge in [-0.1, -0.05) is 30.3 Å². The molecule has 7 heteroatoms. The SMILES string of the molecule is O=c1c2cc(Cc3ccc(-c4ccncc4)cc3)c3cccnc3c2ncn1[C@H]1CCOC[C@@H]1O. The number of rotatable bonds is 4. The second-order valence-corrected chi connectivity index (χ2v) is 8.90. The van der Waals surface area contributed by atoms with Crippen LogP contribution >= 0.6 is 0 Å². The van der Waals surface area contributed by atoms with Gasteiger partial charge in [0, 0.05) is 30.6 Å². The second kappa shape index (κ2) is 9.02. The van der Waals surface area contributed by atoms with Crippen molar-refractivity contribution in [1.29, 1.82) is 0 Å². The van der Waals surface area contributed by atoms with Crippen molar-refractivity contribution in [2.45, 2.75) is 25.0 Å². The molecular weight excluding hydrogens is 440 g/mol. The standard InChI is InChI=1S/C28H24N4O3/c33-25-16-35-13-9-24(25)32-17-31-27-23(28(32)34)15-21(22-2-1-10-30-26(22)27)14-18-3-5-19(6-4-18)20-7-11-29-12-8-20/h1-8,10-12,15,17,24-25,33H,9,13-14,16H2/t24-,25-/m0/s1. The number of nitrogens with zero attached hydrogens (tertiary/aromatic N) is 4. The lowest BCUT2D eigenvalue weighted by atomic mass is 9.96. The zero-order chi connectivity index (χ0) is 23.8. The van der Waals surface area contributed by atoms with E-state index in [1.54, 1.807) is 23.2 Å². The van der Waals surface area contributed by atoms with E-state index in [0.717, 1.165) is 27.6 Å². The van der Waals surface area contributed by atoms with Crippen LogP contribution in [0.25, 0.3) is 32.9 Å². The van der Waals surface area contributed by atoms with E-state index in [2.05, 4.69) is 39.2 Å². The molecule has 0 unspecified atom stereocenters. The molecule has 2 aromatic carbocycles. The molecule has 0 saturated carbocycles. The Balaban J connectivity index is 1.44. The molecule has 4 heterocycles. The first-order valence-corrected chi connectivity index (χ1v) is 11.7. The van der Waals surface area contributed by atoms with Crippen molar-refractivity contribution in [2.75, 3.05) is 13.2 Å². The largest absolute Gasteiger partial charge is 0.389 e. The number of pyridine rings is 2. The van der Waals surface area contributed by atoms with Gasteiger partial charge in [-0.15, -0.1) is 0 Å². The van der Waals surface area contributed by atoms with Gasteiger partial charge in [0.2, 0.25) is 0 Å². The van der Waals surface area contributed by atoms with Gasteiger partial charge in [-0.3, -0.25) is 19.3 Å². The summed E-state index contributed by atoms with van der Waals surface area (Å²) in [5, 5.41) is 11.9. The highest BCUT2D eigenvalue weighted by Gasteiger charge is 2.27. The number of fused-ring (bicyclic) bond motifs is 3. The molecule has 35 heavy (non-hydrogen) atoms. The van der Waals surface area contributed by atoms with Crippen molar-refractivity contribution in [1.82, 2.24) is 19.5 Å². The summed E-state index contributed by atoms with van der Waals surface area (Å²) in [5.74, 6) is 0. The molecule has 6 rings (SSSR count). The van der Waals surface area contributed by atoms with E-state index in [9.17, 15) is 9.90 Å². The Bertz CT molecular complexity index is 1570. The van der Waals surface area contributed by atoms with Crippen molar-refractivity contribution in [3.63, 3.8) is 0 Å². The van der Waals surface area contributed by atoms with Crippen LogP contribution in [0.3, 0.4) is 0 Å². The molecule has 3 aromatic heterocycles. The third kappa shape index (κ3) is 3.99. The first kappa shape index (κ1) is 21.6. The lowest BCUT2D eigenvalue weighted by molar-refractivity contribution is -0.0395. The van der Waals surface area contributed by atoms with E-state index in [-0.39, 0.29) is 18.2 Å². The molecule has 7 nitrogen and oxygen atoms in total. The molecule has 1 saturated heterocycles. The molecule has 1 aliphatic heterocycles. The van der Waals surface area contributed by atoms with Gasteiger partial charge in [0.15, 0.2) is 0 Å². The molecule has 5 aromatic rings. The molecular formula is C28H24N4O3. The van der Waals surface area contributed by atoms with Crippen molar-refractivity contribution < 1.29 is 9.84 Å². The summed E-state index contributed by atoms with van der Waals surface area (Å²) < 4.78 is 6.89. The minimum atomic E-state index is -0.738. The maximum Gasteiger partial charge on any atom is 0.261 e. The van der Waals surface area contributed by atoms with Crippen LogP contribution < -0.4 is 5.56 Å². The smallest absolute Gasteiger partial charge is 0.261 e. The summed E-state index contributed by atoms with van der Waals surface area (Å²) in [6.45, 7) is 0.724. The molecule has 0 aliphatic carbocycles. The average Bonchev–Trinajstić information content (AvgIpc) is 2.91. The molecule has 1 N–H and O–H groups in total. The predicted octanol–water partition coefficient (Wildman–Crippen LogP) is 3.92. The maximum absolute atomic E-state index is 13.6. The van der Waals surface area contributed by atoms with Crippen molar-refractivity contribution in [3.05, 3.63) is 101 Å². The van der Waals surface area contributed by atoms with E-state index in [4.69, 9.17) is 4.74 Å². The topological polar surface area (TPSA) is 90.1 Å². The quantitative estimate of drug-likeness (QED) is 0.406. The van der Waals surface area contributed by atoms with E-state index >= 15 is 0 Å². The molecule has 1 aliphatic rings. The fourth-order valence-electron chi connectivity index (χ4n) is 4.90. The van der Waals surface area contributed by atoms with Gasteiger partial charge in [-0.05, 0) is 59.4 Å². The summed E-state index contributed by atoms with van der Waals surface area (Å²) in [7, 11) is 0. The summed E-state index contributed by atoms with van der Waals surface area (Å²) in [6.07, 6.45) is 7.33. The molecule has 0 radical (unpaired) electrons. The third-order valence-electron chi connectivity index (χ3n) is 6.74. The highest BCUT2D eigenvalue weighted by molar-refractivity contribution is 6.04. The average molecular weight is 465 g/mol. The van der Waals surface area contributed by atoms with Gasteiger partial charge in [0.1, 0.15) is 5.52 Å². The van der Waals surface area contributed by atoms with Crippen LogP contribution in [-0.2, 0) is 11.2 Å². The Morgan fingerprint density at radius 1 is 0.943 bits per heavy atom. The molecule has 1 fully saturated rings. The monoisotopic (exact) mass is 464 g/mol. The number of aromatic nitrogens is 4. The van der Waals surface area contributed by atoms with Crippen molar-refractivity contribution >= 4 is 21.8 Å². The van der Waals surface area contributed by atoms with E-state index in [0.29, 0.717) is 35.9 Å². The Morgan fingerprint density at radius 2 is 1.71 bits per heavy atom. The summed E-state index contributed by atoms with van der Waals surface area (Å²) >= 11 is 0. The van der Waals surface area contributed by atoms with Gasteiger partial charge in [0.25, 0.3) is 5.56 Å². The first-order valence-electron chi connectivity index (χ1n) is 11.7. The lowest BCUT2D eigenvalue weighted by Gasteiger charge is -2.29.